The van der Waals surface area contributed by atoms with Crippen LogP contribution in [0.1, 0.15) is 5.56 Å². The van der Waals surface area contributed by atoms with E-state index in [0.29, 0.717) is 10.5 Å². The lowest BCUT2D eigenvalue weighted by Gasteiger charge is -2.09. The number of H-pyrrole nitrogens is 1. The Morgan fingerprint density at radius 2 is 1.84 bits per heavy atom. The minimum Gasteiger partial charge on any atom is -0.488 e. The molecule has 0 aliphatic rings. The number of hydrogen-bond acceptors (Lipinski definition) is 3. The van der Waals surface area contributed by atoms with E-state index in [2.05, 4.69) is 4.98 Å². The van der Waals surface area contributed by atoms with Gasteiger partial charge in [0.1, 0.15) is 12.4 Å². The monoisotopic (exact) mass is 366 g/mol. The lowest BCUT2D eigenvalue weighted by molar-refractivity contribution is 0.0820. The maximum atomic E-state index is 12.6. The average Bonchev–Trinajstić information content (AvgIpc) is 2.58. The third-order valence-corrected chi connectivity index (χ3v) is 3.84. The molecule has 5 nitrogen and oxygen atoms in total. The summed E-state index contributed by atoms with van der Waals surface area (Å²) >= 11 is 5.82. The molecule has 1 N–H and O–H groups in total. The number of aromatic nitrogens is 2. The molecular weight excluding hydrogens is 354 g/mol. The van der Waals surface area contributed by atoms with Crippen LogP contribution in [0.15, 0.2) is 52.1 Å². The van der Waals surface area contributed by atoms with Crippen LogP contribution in [0.2, 0.25) is 5.02 Å². The second-order valence-corrected chi connectivity index (χ2v) is 5.79. The second-order valence-electron chi connectivity index (χ2n) is 5.36. The summed E-state index contributed by atoms with van der Waals surface area (Å²) in [6.45, 7) is -0.711. The van der Waals surface area contributed by atoms with Gasteiger partial charge in [-0.2, -0.15) is 0 Å². The van der Waals surface area contributed by atoms with Crippen molar-refractivity contribution < 1.29 is 13.5 Å². The van der Waals surface area contributed by atoms with Gasteiger partial charge >= 0.3 is 5.69 Å². The Labute approximate surface area is 145 Å². The molecule has 1 heterocycles. The third kappa shape index (κ3) is 3.88. The zero-order chi connectivity index (χ0) is 18.0. The quantitative estimate of drug-likeness (QED) is 0.755. The Balaban J connectivity index is 2.02. The molecule has 130 valence electrons. The van der Waals surface area contributed by atoms with Crippen LogP contribution in [0.3, 0.4) is 0 Å². The molecule has 3 aromatic rings. The highest BCUT2D eigenvalue weighted by Crippen LogP contribution is 2.17. The minimum absolute atomic E-state index is 0.0589. The zero-order valence-electron chi connectivity index (χ0n) is 12.8. The van der Waals surface area contributed by atoms with Gasteiger partial charge < -0.3 is 9.72 Å². The van der Waals surface area contributed by atoms with Crippen LogP contribution >= 0.6 is 11.6 Å². The predicted octanol–water partition coefficient (Wildman–Crippen LogP) is 3.04. The molecular formula is C17H13ClF2N2O3. The molecule has 0 bridgehead atoms. The topological polar surface area (TPSA) is 64.1 Å². The molecule has 0 unspecified atom stereocenters. The fourth-order valence-electron chi connectivity index (χ4n) is 2.39. The number of ether oxygens (including phenoxy) is 1. The average molecular weight is 367 g/mol. The summed E-state index contributed by atoms with van der Waals surface area (Å²) in [6.07, 6.45) is -2.62. The molecule has 0 atom stereocenters. The van der Waals surface area contributed by atoms with Crippen molar-refractivity contribution in [2.75, 3.05) is 6.61 Å². The molecule has 0 saturated carbocycles. The van der Waals surface area contributed by atoms with E-state index in [0.717, 1.165) is 10.1 Å². The summed E-state index contributed by atoms with van der Waals surface area (Å²) in [6, 6.07) is 11.0. The van der Waals surface area contributed by atoms with Gasteiger partial charge in [0.25, 0.3) is 12.0 Å². The van der Waals surface area contributed by atoms with E-state index < -0.39 is 24.3 Å². The van der Waals surface area contributed by atoms with Crippen molar-refractivity contribution in [3.63, 3.8) is 0 Å². The molecule has 0 aliphatic heterocycles. The zero-order valence-corrected chi connectivity index (χ0v) is 13.6. The number of halogens is 3. The van der Waals surface area contributed by atoms with Gasteiger partial charge in [-0.05, 0) is 35.9 Å². The van der Waals surface area contributed by atoms with Crippen molar-refractivity contribution >= 4 is 22.5 Å². The fourth-order valence-corrected chi connectivity index (χ4v) is 2.52. The van der Waals surface area contributed by atoms with E-state index in [-0.39, 0.29) is 17.7 Å². The van der Waals surface area contributed by atoms with Crippen LogP contribution in [0.5, 0.6) is 5.75 Å². The lowest BCUT2D eigenvalue weighted by Crippen LogP contribution is -2.35. The maximum Gasteiger partial charge on any atom is 0.329 e. The molecule has 0 amide bonds. The van der Waals surface area contributed by atoms with Crippen LogP contribution in [0, 0.1) is 0 Å². The molecule has 2 aromatic carbocycles. The highest BCUT2D eigenvalue weighted by molar-refractivity contribution is 6.30. The first kappa shape index (κ1) is 17.2. The molecule has 0 aliphatic carbocycles. The maximum absolute atomic E-state index is 12.6. The Kier molecular flexibility index (Phi) is 4.85. The van der Waals surface area contributed by atoms with Crippen LogP contribution in [0.25, 0.3) is 10.9 Å². The number of nitrogens with zero attached hydrogens (tertiary/aromatic N) is 1. The van der Waals surface area contributed by atoms with Crippen LogP contribution in [0.4, 0.5) is 8.78 Å². The van der Waals surface area contributed by atoms with Crippen molar-refractivity contribution in [2.45, 2.75) is 13.0 Å². The molecule has 25 heavy (non-hydrogen) atoms. The fraction of sp³-hybridized carbons (Fsp3) is 0.176. The number of hydrogen-bond donors (Lipinski definition) is 1. The van der Waals surface area contributed by atoms with Crippen molar-refractivity contribution in [3.05, 3.63) is 73.9 Å². The van der Waals surface area contributed by atoms with Gasteiger partial charge in [-0.15, -0.1) is 0 Å². The first-order chi connectivity index (χ1) is 11.9. The molecule has 1 aromatic heterocycles. The first-order valence-electron chi connectivity index (χ1n) is 7.36. The molecule has 3 rings (SSSR count). The second kappa shape index (κ2) is 7.06. The van der Waals surface area contributed by atoms with Gasteiger partial charge in [0.05, 0.1) is 17.4 Å². The molecule has 0 fully saturated rings. The number of benzene rings is 2. The van der Waals surface area contributed by atoms with E-state index in [9.17, 15) is 18.4 Å². The summed E-state index contributed by atoms with van der Waals surface area (Å²) in [5.41, 5.74) is -0.0573. The summed E-state index contributed by atoms with van der Waals surface area (Å²) < 4.78 is 30.5. The summed E-state index contributed by atoms with van der Waals surface area (Å²) in [7, 11) is 0. The van der Waals surface area contributed by atoms with E-state index >= 15 is 0 Å². The highest BCUT2D eigenvalue weighted by Gasteiger charge is 2.10. The number of rotatable bonds is 5. The number of nitrogens with one attached hydrogen (secondary N) is 1. The normalized spacial score (nSPS) is 11.2. The molecule has 8 heteroatoms. The summed E-state index contributed by atoms with van der Waals surface area (Å²) in [5.74, 6) is 0.134. The number of alkyl halides is 2. The Hall–Kier alpha value is -2.67. The van der Waals surface area contributed by atoms with E-state index in [1.807, 2.05) is 0 Å². The van der Waals surface area contributed by atoms with Crippen LogP contribution < -0.4 is 16.0 Å². The van der Waals surface area contributed by atoms with Gasteiger partial charge in [-0.3, -0.25) is 9.36 Å². The smallest absolute Gasteiger partial charge is 0.329 e. The SMILES string of the molecule is O=c1[nH]c2ccc(OCC(F)F)cc2c(=O)n1Cc1ccc(Cl)cc1. The number of fused-ring (bicyclic) bond motifs is 1. The predicted molar refractivity (Wildman–Crippen MR) is 90.9 cm³/mol. The van der Waals surface area contributed by atoms with Crippen molar-refractivity contribution in [2.24, 2.45) is 0 Å². The van der Waals surface area contributed by atoms with Gasteiger partial charge in [0.15, 0.2) is 0 Å². The standard InChI is InChI=1S/C17H13ClF2N2O3/c18-11-3-1-10(2-4-11)8-22-16(23)13-7-12(25-9-15(19)20)5-6-14(13)21-17(22)24/h1-7,15H,8-9H2,(H,21,24). The van der Waals surface area contributed by atoms with Crippen LogP contribution in [-0.4, -0.2) is 22.6 Å². The van der Waals surface area contributed by atoms with E-state index in [1.165, 1.54) is 18.2 Å². The third-order valence-electron chi connectivity index (χ3n) is 3.58. The largest absolute Gasteiger partial charge is 0.488 e. The van der Waals surface area contributed by atoms with Crippen LogP contribution in [-0.2, 0) is 6.54 Å². The lowest BCUT2D eigenvalue weighted by atomic mass is 10.2. The van der Waals surface area contributed by atoms with Crippen molar-refractivity contribution in [1.29, 1.82) is 0 Å². The van der Waals surface area contributed by atoms with Crippen molar-refractivity contribution in [3.8, 4) is 5.75 Å². The summed E-state index contributed by atoms with van der Waals surface area (Å²) in [5, 5.41) is 0.727. The molecule has 0 spiro atoms. The Morgan fingerprint density at radius 1 is 1.12 bits per heavy atom. The van der Waals surface area contributed by atoms with E-state index in [1.54, 1.807) is 24.3 Å². The molecule has 0 saturated heterocycles. The Morgan fingerprint density at radius 3 is 2.52 bits per heavy atom. The highest BCUT2D eigenvalue weighted by atomic mass is 35.5. The molecule has 0 radical (unpaired) electrons. The Bertz CT molecular complexity index is 1010. The summed E-state index contributed by atoms with van der Waals surface area (Å²) in [4.78, 5) is 27.4. The first-order valence-corrected chi connectivity index (χ1v) is 7.74. The van der Waals surface area contributed by atoms with E-state index in [4.69, 9.17) is 16.3 Å². The van der Waals surface area contributed by atoms with Gasteiger partial charge in [-0.25, -0.2) is 13.6 Å². The number of aromatic amines is 1. The van der Waals surface area contributed by atoms with Crippen molar-refractivity contribution in [1.82, 2.24) is 9.55 Å². The van der Waals surface area contributed by atoms with Gasteiger partial charge in [-0.1, -0.05) is 23.7 Å². The van der Waals surface area contributed by atoms with Gasteiger partial charge in [0.2, 0.25) is 0 Å². The van der Waals surface area contributed by atoms with Gasteiger partial charge in [0, 0.05) is 5.02 Å². The minimum atomic E-state index is -2.62.